The molecule has 0 radical (unpaired) electrons. The van der Waals surface area contributed by atoms with Gasteiger partial charge in [-0.1, -0.05) is 6.92 Å². The predicted molar refractivity (Wildman–Crippen MR) is 65.1 cm³/mol. The van der Waals surface area contributed by atoms with E-state index in [2.05, 4.69) is 33.3 Å². The van der Waals surface area contributed by atoms with Crippen LogP contribution < -0.4 is 5.32 Å². The molecule has 1 N–H and O–H groups in total. The maximum atomic E-state index is 4.63. The molecule has 3 nitrogen and oxygen atoms in total. The molecule has 1 aliphatic heterocycles. The summed E-state index contributed by atoms with van der Waals surface area (Å²) in [5.41, 5.74) is 2.54. The SMILES string of the molecule is CCc1c(Br)c(C2CCCNC2)nn1C. The summed E-state index contributed by atoms with van der Waals surface area (Å²) in [5, 5.41) is 8.07. The predicted octanol–water partition coefficient (Wildman–Crippen LogP) is 2.21. The van der Waals surface area contributed by atoms with E-state index in [9.17, 15) is 0 Å². The number of nitrogens with one attached hydrogen (secondary N) is 1. The van der Waals surface area contributed by atoms with Crippen LogP contribution in [0.2, 0.25) is 0 Å². The molecular formula is C11H18BrN3. The van der Waals surface area contributed by atoms with E-state index in [0.29, 0.717) is 5.92 Å². The van der Waals surface area contributed by atoms with E-state index in [1.54, 1.807) is 0 Å². The van der Waals surface area contributed by atoms with Crippen molar-refractivity contribution < 1.29 is 0 Å². The molecule has 1 aliphatic rings. The average molecular weight is 272 g/mol. The average Bonchev–Trinajstić information content (AvgIpc) is 2.55. The molecule has 0 aliphatic carbocycles. The Morgan fingerprint density at radius 3 is 2.93 bits per heavy atom. The Hall–Kier alpha value is -0.350. The number of nitrogens with zero attached hydrogens (tertiary/aromatic N) is 2. The van der Waals surface area contributed by atoms with Crippen LogP contribution in [0.1, 0.15) is 37.1 Å². The summed E-state index contributed by atoms with van der Waals surface area (Å²) in [6.07, 6.45) is 3.55. The molecule has 1 aromatic rings. The van der Waals surface area contributed by atoms with Crippen molar-refractivity contribution in [2.24, 2.45) is 7.05 Å². The lowest BCUT2D eigenvalue weighted by molar-refractivity contribution is 0.450. The van der Waals surface area contributed by atoms with Gasteiger partial charge in [-0.15, -0.1) is 0 Å². The summed E-state index contributed by atoms with van der Waals surface area (Å²) in [6, 6.07) is 0. The van der Waals surface area contributed by atoms with E-state index in [-0.39, 0.29) is 0 Å². The lowest BCUT2D eigenvalue weighted by Crippen LogP contribution is -2.28. The molecule has 4 heteroatoms. The van der Waals surface area contributed by atoms with E-state index in [1.165, 1.54) is 28.7 Å². The van der Waals surface area contributed by atoms with Crippen molar-refractivity contribution in [3.05, 3.63) is 15.9 Å². The maximum Gasteiger partial charge on any atom is 0.0812 e. The molecule has 1 aromatic heterocycles. The van der Waals surface area contributed by atoms with Crippen molar-refractivity contribution in [1.82, 2.24) is 15.1 Å². The molecule has 2 rings (SSSR count). The normalized spacial score (nSPS) is 21.9. The molecule has 84 valence electrons. The second kappa shape index (κ2) is 4.66. The Morgan fingerprint density at radius 2 is 2.40 bits per heavy atom. The molecule has 0 aromatic carbocycles. The van der Waals surface area contributed by atoms with Gasteiger partial charge in [0.2, 0.25) is 0 Å². The van der Waals surface area contributed by atoms with Crippen LogP contribution in [-0.2, 0) is 13.5 Å². The van der Waals surface area contributed by atoms with Gasteiger partial charge in [0.05, 0.1) is 15.9 Å². The van der Waals surface area contributed by atoms with E-state index >= 15 is 0 Å². The number of piperidine rings is 1. The van der Waals surface area contributed by atoms with Gasteiger partial charge in [0.15, 0.2) is 0 Å². The molecule has 0 spiro atoms. The first-order valence-corrected chi connectivity index (χ1v) is 6.45. The summed E-state index contributed by atoms with van der Waals surface area (Å²) in [4.78, 5) is 0. The van der Waals surface area contributed by atoms with Crippen LogP contribution in [-0.4, -0.2) is 22.9 Å². The van der Waals surface area contributed by atoms with Gasteiger partial charge in [0.25, 0.3) is 0 Å². The van der Waals surface area contributed by atoms with Gasteiger partial charge in [0.1, 0.15) is 0 Å². The molecule has 0 bridgehead atoms. The summed E-state index contributed by atoms with van der Waals surface area (Å²) in [7, 11) is 2.03. The minimum Gasteiger partial charge on any atom is -0.316 e. The van der Waals surface area contributed by atoms with Crippen LogP contribution in [0.4, 0.5) is 0 Å². The first kappa shape index (κ1) is 11.1. The van der Waals surface area contributed by atoms with Crippen molar-refractivity contribution in [3.63, 3.8) is 0 Å². The second-order valence-electron chi connectivity index (χ2n) is 4.17. The van der Waals surface area contributed by atoms with Crippen molar-refractivity contribution in [3.8, 4) is 0 Å². The van der Waals surface area contributed by atoms with E-state index in [1.807, 2.05) is 11.7 Å². The highest BCUT2D eigenvalue weighted by atomic mass is 79.9. The van der Waals surface area contributed by atoms with Crippen molar-refractivity contribution in [2.45, 2.75) is 32.1 Å². The quantitative estimate of drug-likeness (QED) is 0.894. The Morgan fingerprint density at radius 1 is 1.60 bits per heavy atom. The number of rotatable bonds is 2. The summed E-state index contributed by atoms with van der Waals surface area (Å²) < 4.78 is 3.23. The van der Waals surface area contributed by atoms with Crippen molar-refractivity contribution in [2.75, 3.05) is 13.1 Å². The lowest BCUT2D eigenvalue weighted by Gasteiger charge is -2.21. The third-order valence-corrected chi connectivity index (χ3v) is 4.01. The molecule has 0 amide bonds. The lowest BCUT2D eigenvalue weighted by atomic mass is 9.96. The van der Waals surface area contributed by atoms with Crippen LogP contribution >= 0.6 is 15.9 Å². The molecule has 1 unspecified atom stereocenters. The number of hydrogen-bond acceptors (Lipinski definition) is 2. The Bertz CT molecular complexity index is 340. The zero-order valence-electron chi connectivity index (χ0n) is 9.39. The van der Waals surface area contributed by atoms with Gasteiger partial charge in [-0.3, -0.25) is 4.68 Å². The molecule has 1 fully saturated rings. The second-order valence-corrected chi connectivity index (χ2v) is 4.96. The highest BCUT2D eigenvalue weighted by Crippen LogP contribution is 2.31. The van der Waals surface area contributed by atoms with Gasteiger partial charge in [-0.2, -0.15) is 5.10 Å². The fourth-order valence-corrected chi connectivity index (χ4v) is 3.23. The Kier molecular flexibility index (Phi) is 3.46. The summed E-state index contributed by atoms with van der Waals surface area (Å²) >= 11 is 3.69. The number of halogens is 1. The van der Waals surface area contributed by atoms with Gasteiger partial charge in [-0.25, -0.2) is 0 Å². The third kappa shape index (κ3) is 2.11. The molecular weight excluding hydrogens is 254 g/mol. The van der Waals surface area contributed by atoms with Crippen LogP contribution in [0.25, 0.3) is 0 Å². The molecule has 1 atom stereocenters. The number of aryl methyl sites for hydroxylation is 1. The minimum absolute atomic E-state index is 0.583. The van der Waals surface area contributed by atoms with Crippen molar-refractivity contribution >= 4 is 15.9 Å². The van der Waals surface area contributed by atoms with Gasteiger partial charge >= 0.3 is 0 Å². The molecule has 0 saturated carbocycles. The van der Waals surface area contributed by atoms with E-state index in [4.69, 9.17) is 0 Å². The van der Waals surface area contributed by atoms with Crippen molar-refractivity contribution in [1.29, 1.82) is 0 Å². The largest absolute Gasteiger partial charge is 0.316 e. The minimum atomic E-state index is 0.583. The molecule has 15 heavy (non-hydrogen) atoms. The van der Waals surface area contributed by atoms with Gasteiger partial charge in [0, 0.05) is 19.5 Å². The molecule has 1 saturated heterocycles. The van der Waals surface area contributed by atoms with Crippen LogP contribution in [0.3, 0.4) is 0 Å². The highest BCUT2D eigenvalue weighted by molar-refractivity contribution is 9.10. The first-order valence-electron chi connectivity index (χ1n) is 5.66. The maximum absolute atomic E-state index is 4.63. The Labute approximate surface area is 99.4 Å². The highest BCUT2D eigenvalue weighted by Gasteiger charge is 2.22. The standard InChI is InChI=1S/C11H18BrN3/c1-3-9-10(12)11(14-15(9)2)8-5-4-6-13-7-8/h8,13H,3-7H2,1-2H3. The van der Waals surface area contributed by atoms with Crippen LogP contribution in [0.5, 0.6) is 0 Å². The zero-order valence-corrected chi connectivity index (χ0v) is 11.0. The fourth-order valence-electron chi connectivity index (χ4n) is 2.29. The summed E-state index contributed by atoms with van der Waals surface area (Å²) in [5.74, 6) is 0.583. The first-order chi connectivity index (χ1) is 7.24. The van der Waals surface area contributed by atoms with Gasteiger partial charge < -0.3 is 5.32 Å². The van der Waals surface area contributed by atoms with Crippen LogP contribution in [0, 0.1) is 0 Å². The monoisotopic (exact) mass is 271 g/mol. The topological polar surface area (TPSA) is 29.9 Å². The summed E-state index contributed by atoms with van der Waals surface area (Å²) in [6.45, 7) is 4.39. The van der Waals surface area contributed by atoms with E-state index < -0.39 is 0 Å². The Balaban J connectivity index is 2.27. The van der Waals surface area contributed by atoms with Gasteiger partial charge in [-0.05, 0) is 41.7 Å². The van der Waals surface area contributed by atoms with Crippen LogP contribution in [0.15, 0.2) is 4.47 Å². The zero-order chi connectivity index (χ0) is 10.8. The third-order valence-electron chi connectivity index (χ3n) is 3.15. The van der Waals surface area contributed by atoms with E-state index in [0.717, 1.165) is 19.5 Å². The molecule has 2 heterocycles. The number of aromatic nitrogens is 2. The fraction of sp³-hybridized carbons (Fsp3) is 0.727. The number of hydrogen-bond donors (Lipinski definition) is 1. The smallest absolute Gasteiger partial charge is 0.0812 e.